The fourth-order valence-electron chi connectivity index (χ4n) is 2.44. The van der Waals surface area contributed by atoms with Crippen LogP contribution < -0.4 is 4.74 Å². The van der Waals surface area contributed by atoms with Gasteiger partial charge in [-0.05, 0) is 12.1 Å². The van der Waals surface area contributed by atoms with E-state index >= 15 is 0 Å². The summed E-state index contributed by atoms with van der Waals surface area (Å²) in [5.74, 6) is -2.31. The van der Waals surface area contributed by atoms with Crippen molar-refractivity contribution in [3.8, 4) is 5.75 Å². The van der Waals surface area contributed by atoms with Gasteiger partial charge in [0.1, 0.15) is 5.56 Å². The van der Waals surface area contributed by atoms with Gasteiger partial charge in [0.2, 0.25) is 5.78 Å². The van der Waals surface area contributed by atoms with E-state index in [0.717, 1.165) is 6.08 Å². The van der Waals surface area contributed by atoms with Crippen LogP contribution in [-0.2, 0) is 4.74 Å². The Labute approximate surface area is 152 Å². The van der Waals surface area contributed by atoms with Gasteiger partial charge in [0, 0.05) is 17.2 Å². The van der Waals surface area contributed by atoms with Gasteiger partial charge in [-0.25, -0.2) is 4.79 Å². The third kappa shape index (κ3) is 3.04. The molecule has 1 aliphatic carbocycles. The second kappa shape index (κ2) is 6.70. The summed E-state index contributed by atoms with van der Waals surface area (Å²) in [7, 11) is 1.32. The van der Waals surface area contributed by atoms with E-state index in [0.29, 0.717) is 0 Å². The molecule has 0 bridgehead atoms. The van der Waals surface area contributed by atoms with E-state index in [-0.39, 0.29) is 38.2 Å². The van der Waals surface area contributed by atoms with Crippen LogP contribution in [0.3, 0.4) is 0 Å². The number of fused-ring (bicyclic) bond motifs is 1. The summed E-state index contributed by atoms with van der Waals surface area (Å²) in [6.07, 6.45) is 0.980. The van der Waals surface area contributed by atoms with Crippen molar-refractivity contribution in [2.75, 3.05) is 7.11 Å². The number of esters is 1. The Morgan fingerprint density at radius 1 is 0.960 bits per heavy atom. The number of ketones is 2. The van der Waals surface area contributed by atoms with Gasteiger partial charge in [0.05, 0.1) is 17.2 Å². The molecule has 0 N–H and O–H groups in total. The van der Waals surface area contributed by atoms with Crippen LogP contribution in [0, 0.1) is 0 Å². The molecule has 3 rings (SSSR count). The molecule has 0 amide bonds. The largest absolute Gasteiger partial charge is 0.494 e. The van der Waals surface area contributed by atoms with E-state index in [4.69, 9.17) is 32.7 Å². The van der Waals surface area contributed by atoms with Crippen LogP contribution in [0.15, 0.2) is 48.2 Å². The Balaban J connectivity index is 1.97. The first-order valence-electron chi connectivity index (χ1n) is 7.08. The van der Waals surface area contributed by atoms with Crippen molar-refractivity contribution in [1.82, 2.24) is 0 Å². The molecular formula is C18H10Cl2O5. The van der Waals surface area contributed by atoms with Crippen molar-refractivity contribution in [2.45, 2.75) is 0 Å². The number of benzene rings is 2. The topological polar surface area (TPSA) is 69.7 Å². The summed E-state index contributed by atoms with van der Waals surface area (Å²) in [5, 5.41) is 0.200. The lowest BCUT2D eigenvalue weighted by Crippen LogP contribution is -2.21. The van der Waals surface area contributed by atoms with Gasteiger partial charge in [-0.1, -0.05) is 47.5 Å². The summed E-state index contributed by atoms with van der Waals surface area (Å²) < 4.78 is 10.2. The molecular weight excluding hydrogens is 367 g/mol. The van der Waals surface area contributed by atoms with Crippen LogP contribution in [0.25, 0.3) is 0 Å². The van der Waals surface area contributed by atoms with Crippen molar-refractivity contribution in [3.05, 3.63) is 75.0 Å². The number of carbonyl (C=O) groups excluding carboxylic acids is 3. The summed E-state index contributed by atoms with van der Waals surface area (Å²) in [4.78, 5) is 37.0. The van der Waals surface area contributed by atoms with Crippen LogP contribution in [0.2, 0.25) is 10.0 Å². The average Bonchev–Trinajstić information content (AvgIpc) is 2.61. The van der Waals surface area contributed by atoms with E-state index in [1.165, 1.54) is 31.4 Å². The predicted octanol–water partition coefficient (Wildman–Crippen LogP) is 4.12. The van der Waals surface area contributed by atoms with Crippen molar-refractivity contribution < 1.29 is 23.9 Å². The van der Waals surface area contributed by atoms with Gasteiger partial charge in [0.15, 0.2) is 17.3 Å². The second-order valence-electron chi connectivity index (χ2n) is 5.07. The first kappa shape index (κ1) is 17.2. The number of hydrogen-bond donors (Lipinski definition) is 0. The SMILES string of the molecule is COc1c(Cl)ccc(Cl)c1C(=O)OC1=CC(=O)c2ccccc2C1=O. The number of rotatable bonds is 3. The second-order valence-corrected chi connectivity index (χ2v) is 5.89. The van der Waals surface area contributed by atoms with Gasteiger partial charge in [0.25, 0.3) is 0 Å². The molecule has 0 aliphatic heterocycles. The number of carbonyl (C=O) groups is 3. The normalized spacial score (nSPS) is 13.2. The summed E-state index contributed by atoms with van der Waals surface area (Å²) >= 11 is 12.0. The molecule has 7 heteroatoms. The Morgan fingerprint density at radius 2 is 1.60 bits per heavy atom. The molecule has 0 aromatic heterocycles. The number of ether oxygens (including phenoxy) is 2. The van der Waals surface area contributed by atoms with Gasteiger partial charge in [-0.3, -0.25) is 9.59 Å². The molecule has 0 saturated carbocycles. The highest BCUT2D eigenvalue weighted by Gasteiger charge is 2.30. The molecule has 5 nitrogen and oxygen atoms in total. The molecule has 0 atom stereocenters. The third-order valence-electron chi connectivity index (χ3n) is 3.59. The zero-order chi connectivity index (χ0) is 18.1. The molecule has 0 fully saturated rings. The maximum atomic E-state index is 12.5. The maximum Gasteiger partial charge on any atom is 0.349 e. The van der Waals surface area contributed by atoms with Crippen LogP contribution in [0.1, 0.15) is 31.1 Å². The van der Waals surface area contributed by atoms with E-state index in [1.807, 2.05) is 0 Å². The Kier molecular flexibility index (Phi) is 4.61. The summed E-state index contributed by atoms with van der Waals surface area (Å²) in [6.45, 7) is 0. The van der Waals surface area contributed by atoms with E-state index in [2.05, 4.69) is 0 Å². The molecule has 1 aliphatic rings. The molecule has 126 valence electrons. The van der Waals surface area contributed by atoms with Crippen LogP contribution in [0.5, 0.6) is 5.75 Å². The fraction of sp³-hybridized carbons (Fsp3) is 0.0556. The van der Waals surface area contributed by atoms with Gasteiger partial charge in [-0.2, -0.15) is 0 Å². The molecule has 0 radical (unpaired) electrons. The van der Waals surface area contributed by atoms with Crippen molar-refractivity contribution in [3.63, 3.8) is 0 Å². The van der Waals surface area contributed by atoms with E-state index in [1.54, 1.807) is 12.1 Å². The van der Waals surface area contributed by atoms with Crippen molar-refractivity contribution in [2.24, 2.45) is 0 Å². The van der Waals surface area contributed by atoms with Crippen molar-refractivity contribution in [1.29, 1.82) is 0 Å². The van der Waals surface area contributed by atoms with E-state index in [9.17, 15) is 14.4 Å². The zero-order valence-electron chi connectivity index (χ0n) is 12.8. The van der Waals surface area contributed by atoms with Crippen molar-refractivity contribution >= 4 is 40.7 Å². The number of halogens is 2. The quantitative estimate of drug-likeness (QED) is 0.753. The molecule has 0 heterocycles. The average molecular weight is 377 g/mol. The first-order valence-corrected chi connectivity index (χ1v) is 7.83. The Bertz CT molecular complexity index is 946. The maximum absolute atomic E-state index is 12.5. The number of methoxy groups -OCH3 is 1. The Morgan fingerprint density at radius 3 is 2.28 bits per heavy atom. The fourth-order valence-corrected chi connectivity index (χ4v) is 2.90. The number of allylic oxidation sites excluding steroid dienone is 2. The minimum absolute atomic E-state index is 0.0229. The van der Waals surface area contributed by atoms with Gasteiger partial charge >= 0.3 is 5.97 Å². The first-order chi connectivity index (χ1) is 11.9. The molecule has 2 aromatic carbocycles. The highest BCUT2D eigenvalue weighted by atomic mass is 35.5. The smallest absolute Gasteiger partial charge is 0.349 e. The third-order valence-corrected chi connectivity index (χ3v) is 4.21. The highest BCUT2D eigenvalue weighted by molar-refractivity contribution is 6.37. The van der Waals surface area contributed by atoms with Gasteiger partial charge in [-0.15, -0.1) is 0 Å². The lowest BCUT2D eigenvalue weighted by atomic mass is 9.94. The molecule has 0 saturated heterocycles. The molecule has 2 aromatic rings. The molecule has 0 unspecified atom stereocenters. The zero-order valence-corrected chi connectivity index (χ0v) is 14.4. The lowest BCUT2D eigenvalue weighted by molar-refractivity contribution is 0.0582. The minimum Gasteiger partial charge on any atom is -0.494 e. The number of Topliss-reactive ketones (excluding diaryl/α,β-unsaturated/α-hetero) is 1. The van der Waals surface area contributed by atoms with Crippen LogP contribution >= 0.6 is 23.2 Å². The Hall–Kier alpha value is -2.63. The summed E-state index contributed by atoms with van der Waals surface area (Å²) in [6, 6.07) is 9.15. The lowest BCUT2D eigenvalue weighted by Gasteiger charge is -2.16. The van der Waals surface area contributed by atoms with Gasteiger partial charge < -0.3 is 9.47 Å². The predicted molar refractivity (Wildman–Crippen MR) is 91.6 cm³/mol. The molecule has 0 spiro atoms. The van der Waals surface area contributed by atoms with Crippen LogP contribution in [-0.4, -0.2) is 24.6 Å². The summed E-state index contributed by atoms with van der Waals surface area (Å²) in [5.41, 5.74) is 0.296. The highest BCUT2D eigenvalue weighted by Crippen LogP contribution is 2.35. The van der Waals surface area contributed by atoms with Crippen LogP contribution in [0.4, 0.5) is 0 Å². The standard InChI is InChI=1S/C18H10Cl2O5/c1-24-17-12(20)7-6-11(19)15(17)18(23)25-14-8-13(21)9-4-2-3-5-10(9)16(14)22/h2-8H,1H3. The monoisotopic (exact) mass is 376 g/mol. The number of hydrogen-bond acceptors (Lipinski definition) is 5. The van der Waals surface area contributed by atoms with E-state index < -0.39 is 17.5 Å². The molecule has 25 heavy (non-hydrogen) atoms. The minimum atomic E-state index is -0.948.